The largest absolute Gasteiger partial charge is 0.372 e. The molecule has 0 spiro atoms. The normalized spacial score (nSPS) is 10.4. The maximum Gasteiger partial charge on any atom is 0.271 e. The zero-order valence-electron chi connectivity index (χ0n) is 16.2. The molecule has 2 N–H and O–H groups in total. The van der Waals surface area contributed by atoms with Crippen LogP contribution in [-0.2, 0) is 6.54 Å². The van der Waals surface area contributed by atoms with E-state index in [0.717, 1.165) is 24.3 Å². The van der Waals surface area contributed by atoms with Crippen molar-refractivity contribution in [3.05, 3.63) is 78.2 Å². The van der Waals surface area contributed by atoms with Crippen LogP contribution in [-0.4, -0.2) is 29.0 Å². The van der Waals surface area contributed by atoms with E-state index in [1.807, 2.05) is 42.5 Å². The first-order valence-electron chi connectivity index (χ1n) is 9.45. The Hall–Kier alpha value is -3.41. The molecule has 1 aromatic heterocycles. The van der Waals surface area contributed by atoms with Gasteiger partial charge in [-0.25, -0.2) is 9.97 Å². The molecular weight excluding hydrogens is 350 g/mol. The van der Waals surface area contributed by atoms with E-state index in [-0.39, 0.29) is 5.91 Å². The molecule has 0 atom stereocenters. The van der Waals surface area contributed by atoms with Crippen molar-refractivity contribution < 1.29 is 4.79 Å². The van der Waals surface area contributed by atoms with E-state index in [9.17, 15) is 4.79 Å². The van der Waals surface area contributed by atoms with Crippen molar-refractivity contribution in [2.75, 3.05) is 23.3 Å². The number of hydrogen-bond donors (Lipinski definition) is 2. The third-order valence-electron chi connectivity index (χ3n) is 4.45. The highest BCUT2D eigenvalue weighted by Gasteiger charge is 2.08. The Bertz CT molecular complexity index is 875. The van der Waals surface area contributed by atoms with E-state index in [4.69, 9.17) is 0 Å². The van der Waals surface area contributed by atoms with Crippen molar-refractivity contribution in [3.8, 4) is 0 Å². The highest BCUT2D eigenvalue weighted by Crippen LogP contribution is 2.20. The number of nitrogens with zero attached hydrogens (tertiary/aromatic N) is 3. The Morgan fingerprint density at radius 2 is 1.64 bits per heavy atom. The summed E-state index contributed by atoms with van der Waals surface area (Å²) in [6, 6.07) is 17.9. The summed E-state index contributed by atoms with van der Waals surface area (Å²) in [6.07, 6.45) is 3.04. The molecule has 3 rings (SSSR count). The summed E-state index contributed by atoms with van der Waals surface area (Å²) >= 11 is 0. The fourth-order valence-electron chi connectivity index (χ4n) is 2.87. The molecule has 6 nitrogen and oxygen atoms in total. The van der Waals surface area contributed by atoms with Crippen molar-refractivity contribution in [2.45, 2.75) is 20.4 Å². The van der Waals surface area contributed by atoms with Crippen LogP contribution in [0, 0.1) is 0 Å². The number of anilines is 3. The van der Waals surface area contributed by atoms with Gasteiger partial charge in [-0.2, -0.15) is 0 Å². The molecule has 0 bridgehead atoms. The van der Waals surface area contributed by atoms with Crippen LogP contribution in [0.2, 0.25) is 0 Å². The molecule has 144 valence electrons. The summed E-state index contributed by atoms with van der Waals surface area (Å²) in [5.74, 6) is 0.349. The monoisotopic (exact) mass is 375 g/mol. The smallest absolute Gasteiger partial charge is 0.271 e. The lowest BCUT2D eigenvalue weighted by Crippen LogP contribution is -2.24. The third-order valence-corrected chi connectivity index (χ3v) is 4.45. The summed E-state index contributed by atoms with van der Waals surface area (Å²) in [5.41, 5.74) is 3.44. The van der Waals surface area contributed by atoms with Crippen LogP contribution in [0.1, 0.15) is 29.9 Å². The number of aromatic nitrogens is 2. The highest BCUT2D eigenvalue weighted by atomic mass is 16.1. The molecule has 2 aromatic carbocycles. The number of carbonyl (C=O) groups is 1. The third kappa shape index (κ3) is 5.07. The van der Waals surface area contributed by atoms with Crippen molar-refractivity contribution in [1.82, 2.24) is 15.3 Å². The molecule has 0 saturated carbocycles. The van der Waals surface area contributed by atoms with Gasteiger partial charge in [0.05, 0.1) is 12.4 Å². The van der Waals surface area contributed by atoms with E-state index in [2.05, 4.69) is 51.5 Å². The average molecular weight is 375 g/mol. The molecule has 6 heteroatoms. The molecule has 0 fully saturated rings. The molecule has 0 radical (unpaired) electrons. The predicted octanol–water partition coefficient (Wildman–Crippen LogP) is 4.00. The molecule has 0 aliphatic heterocycles. The van der Waals surface area contributed by atoms with Gasteiger partial charge in [0.25, 0.3) is 5.91 Å². The molecule has 0 unspecified atom stereocenters. The van der Waals surface area contributed by atoms with Gasteiger partial charge in [0.15, 0.2) is 0 Å². The SMILES string of the molecule is CCN(CC)c1ccc(Nc2cnc(C(=O)NCc3ccccc3)cn2)cc1. The Labute approximate surface area is 165 Å². The molecule has 28 heavy (non-hydrogen) atoms. The quantitative estimate of drug-likeness (QED) is 0.623. The number of nitrogens with one attached hydrogen (secondary N) is 2. The molecule has 0 aliphatic carbocycles. The lowest BCUT2D eigenvalue weighted by Gasteiger charge is -2.21. The van der Waals surface area contributed by atoms with Crippen LogP contribution in [0.25, 0.3) is 0 Å². The van der Waals surface area contributed by atoms with Crippen LogP contribution in [0.15, 0.2) is 67.0 Å². The maximum absolute atomic E-state index is 12.2. The highest BCUT2D eigenvalue weighted by molar-refractivity contribution is 5.92. The first-order valence-corrected chi connectivity index (χ1v) is 9.45. The van der Waals surface area contributed by atoms with Gasteiger partial charge in [-0.15, -0.1) is 0 Å². The van der Waals surface area contributed by atoms with E-state index in [1.165, 1.54) is 11.9 Å². The number of carbonyl (C=O) groups excluding carboxylic acids is 1. The van der Waals surface area contributed by atoms with Crippen LogP contribution in [0.3, 0.4) is 0 Å². The first-order chi connectivity index (χ1) is 13.7. The van der Waals surface area contributed by atoms with E-state index >= 15 is 0 Å². The molecule has 1 heterocycles. The second kappa shape index (κ2) is 9.50. The summed E-state index contributed by atoms with van der Waals surface area (Å²) in [4.78, 5) is 23.0. The molecular formula is C22H25N5O. The lowest BCUT2D eigenvalue weighted by molar-refractivity contribution is 0.0945. The fraction of sp³-hybridized carbons (Fsp3) is 0.227. The molecule has 1 amide bonds. The zero-order chi connectivity index (χ0) is 19.8. The van der Waals surface area contributed by atoms with Gasteiger partial charge >= 0.3 is 0 Å². The second-order valence-corrected chi connectivity index (χ2v) is 6.30. The number of hydrogen-bond acceptors (Lipinski definition) is 5. The van der Waals surface area contributed by atoms with Gasteiger partial charge < -0.3 is 15.5 Å². The topological polar surface area (TPSA) is 70.2 Å². The van der Waals surface area contributed by atoms with Gasteiger partial charge in [0, 0.05) is 31.0 Å². The lowest BCUT2D eigenvalue weighted by atomic mass is 10.2. The van der Waals surface area contributed by atoms with Crippen molar-refractivity contribution in [2.24, 2.45) is 0 Å². The van der Waals surface area contributed by atoms with Crippen LogP contribution >= 0.6 is 0 Å². The Morgan fingerprint density at radius 3 is 2.25 bits per heavy atom. The second-order valence-electron chi connectivity index (χ2n) is 6.30. The number of benzene rings is 2. The maximum atomic E-state index is 12.2. The van der Waals surface area contributed by atoms with E-state index in [0.29, 0.717) is 18.1 Å². The summed E-state index contributed by atoms with van der Waals surface area (Å²) in [5, 5.41) is 6.05. The summed E-state index contributed by atoms with van der Waals surface area (Å²) in [7, 11) is 0. The molecule has 0 aliphatic rings. The summed E-state index contributed by atoms with van der Waals surface area (Å²) < 4.78 is 0. The first kappa shape index (κ1) is 19.4. The van der Waals surface area contributed by atoms with Gasteiger partial charge in [0.2, 0.25) is 0 Å². The van der Waals surface area contributed by atoms with E-state index in [1.54, 1.807) is 6.20 Å². The molecule has 0 saturated heterocycles. The van der Waals surface area contributed by atoms with Crippen molar-refractivity contribution in [1.29, 1.82) is 0 Å². The van der Waals surface area contributed by atoms with Crippen LogP contribution in [0.4, 0.5) is 17.2 Å². The fourth-order valence-corrected chi connectivity index (χ4v) is 2.87. The predicted molar refractivity (Wildman–Crippen MR) is 113 cm³/mol. The Balaban J connectivity index is 1.57. The van der Waals surface area contributed by atoms with Gasteiger partial charge in [-0.05, 0) is 43.7 Å². The van der Waals surface area contributed by atoms with Gasteiger partial charge in [0.1, 0.15) is 11.5 Å². The van der Waals surface area contributed by atoms with Crippen molar-refractivity contribution in [3.63, 3.8) is 0 Å². The van der Waals surface area contributed by atoms with E-state index < -0.39 is 0 Å². The standard InChI is InChI=1S/C22H25N5O/c1-3-27(4-2)19-12-10-18(11-13-19)26-21-16-23-20(15-24-21)22(28)25-14-17-8-6-5-7-9-17/h5-13,15-16H,3-4,14H2,1-2H3,(H,24,26)(H,25,28). The summed E-state index contributed by atoms with van der Waals surface area (Å²) in [6.45, 7) is 6.69. The minimum atomic E-state index is -0.244. The minimum absolute atomic E-state index is 0.244. The number of rotatable bonds is 8. The number of amides is 1. The Kier molecular flexibility index (Phi) is 6.57. The van der Waals surface area contributed by atoms with Crippen molar-refractivity contribution >= 4 is 23.1 Å². The van der Waals surface area contributed by atoms with Gasteiger partial charge in [-0.1, -0.05) is 30.3 Å². The zero-order valence-corrected chi connectivity index (χ0v) is 16.2. The Morgan fingerprint density at radius 1 is 0.929 bits per heavy atom. The van der Waals surface area contributed by atoms with Gasteiger partial charge in [-0.3, -0.25) is 4.79 Å². The van der Waals surface area contributed by atoms with Crippen LogP contribution in [0.5, 0.6) is 0 Å². The van der Waals surface area contributed by atoms with Crippen LogP contribution < -0.4 is 15.5 Å². The average Bonchev–Trinajstić information content (AvgIpc) is 2.75. The minimum Gasteiger partial charge on any atom is -0.372 e. The molecule has 3 aromatic rings.